The van der Waals surface area contributed by atoms with Crippen LogP contribution in [0.25, 0.3) is 0 Å². The van der Waals surface area contributed by atoms with Gasteiger partial charge in [0.15, 0.2) is 0 Å². The highest BCUT2D eigenvalue weighted by atomic mass is 32.2. The van der Waals surface area contributed by atoms with E-state index in [4.69, 9.17) is 0 Å². The van der Waals surface area contributed by atoms with Gasteiger partial charge >= 0.3 is 5.97 Å². The molecule has 0 spiro atoms. The number of carbonyl (C=O) groups excluding carboxylic acids is 1. The lowest BCUT2D eigenvalue weighted by atomic mass is 9.80. The molecule has 2 rings (SSSR count). The summed E-state index contributed by atoms with van der Waals surface area (Å²) < 4.78 is 25.7. The van der Waals surface area contributed by atoms with Crippen LogP contribution in [0, 0.1) is 0 Å². The number of nitrogens with one attached hydrogen (secondary N) is 1. The molecule has 1 saturated carbocycles. The van der Waals surface area contributed by atoms with Gasteiger partial charge in [0.1, 0.15) is 5.54 Å². The fourth-order valence-electron chi connectivity index (χ4n) is 2.88. The van der Waals surface area contributed by atoms with E-state index in [0.29, 0.717) is 12.8 Å². The largest absolute Gasteiger partial charge is 0.479 e. The zero-order chi connectivity index (χ0) is 17.3. The first-order valence-corrected chi connectivity index (χ1v) is 9.64. The summed E-state index contributed by atoms with van der Waals surface area (Å²) in [6.07, 6.45) is 3.30. The van der Waals surface area contributed by atoms with E-state index in [1.165, 1.54) is 30.4 Å². The van der Waals surface area contributed by atoms with Gasteiger partial charge in [-0.2, -0.15) is 0 Å². The number of likely N-dealkylation sites (N-methyl/N-ethyl adjacent to an activating group) is 1. The monoisotopic (exact) mass is 360 g/mol. The predicted octanol–water partition coefficient (Wildman–Crippen LogP) is 1.52. The molecule has 1 aliphatic rings. The van der Waals surface area contributed by atoms with Gasteiger partial charge in [0, 0.05) is 12.4 Å². The van der Waals surface area contributed by atoms with Gasteiger partial charge in [0.05, 0.1) is 9.77 Å². The Balaban J connectivity index is 2.30. The van der Waals surface area contributed by atoms with Gasteiger partial charge in [0.2, 0.25) is 10.0 Å². The molecular formula is C14H20N2O5S2. The molecule has 7 nitrogen and oxygen atoms in total. The van der Waals surface area contributed by atoms with Crippen molar-refractivity contribution in [2.75, 3.05) is 14.1 Å². The highest BCUT2D eigenvalue weighted by Crippen LogP contribution is 2.35. The van der Waals surface area contributed by atoms with Crippen molar-refractivity contribution in [3.05, 3.63) is 16.3 Å². The maximum absolute atomic E-state index is 12.6. The van der Waals surface area contributed by atoms with E-state index < -0.39 is 27.4 Å². The molecule has 0 atom stereocenters. The normalized spacial score (nSPS) is 17.7. The van der Waals surface area contributed by atoms with Crippen LogP contribution in [0.1, 0.15) is 41.8 Å². The van der Waals surface area contributed by atoms with Crippen molar-refractivity contribution in [2.24, 2.45) is 0 Å². The second-order valence-electron chi connectivity index (χ2n) is 5.62. The molecule has 23 heavy (non-hydrogen) atoms. The number of sulfonamides is 1. The third-order valence-corrected chi connectivity index (χ3v) is 6.85. The average molecular weight is 360 g/mol. The molecular weight excluding hydrogens is 340 g/mol. The topological polar surface area (TPSA) is 104 Å². The zero-order valence-corrected chi connectivity index (χ0v) is 14.7. The maximum Gasteiger partial charge on any atom is 0.329 e. The summed E-state index contributed by atoms with van der Waals surface area (Å²) in [4.78, 5) is 25.9. The quantitative estimate of drug-likeness (QED) is 0.828. The Morgan fingerprint density at radius 2 is 1.91 bits per heavy atom. The van der Waals surface area contributed by atoms with Gasteiger partial charge in [-0.3, -0.25) is 4.79 Å². The van der Waals surface area contributed by atoms with Crippen molar-refractivity contribution in [3.8, 4) is 0 Å². The van der Waals surface area contributed by atoms with Gasteiger partial charge in [-0.15, -0.1) is 11.3 Å². The Labute approximate surface area is 139 Å². The third-order valence-electron chi connectivity index (χ3n) is 4.39. The number of carboxylic acids is 1. The number of hydrogen-bond donors (Lipinski definition) is 2. The number of carboxylic acid groups (broad SMARTS) is 1. The van der Waals surface area contributed by atoms with Crippen LogP contribution in [0.15, 0.2) is 16.3 Å². The number of hydrogen-bond acceptors (Lipinski definition) is 5. The van der Waals surface area contributed by atoms with Crippen molar-refractivity contribution < 1.29 is 23.1 Å². The maximum atomic E-state index is 12.6. The van der Waals surface area contributed by atoms with Gasteiger partial charge < -0.3 is 10.0 Å². The highest BCUT2D eigenvalue weighted by molar-refractivity contribution is 7.89. The van der Waals surface area contributed by atoms with E-state index in [0.717, 1.165) is 30.6 Å². The summed E-state index contributed by atoms with van der Waals surface area (Å²) in [5, 5.41) is 11.0. The lowest BCUT2D eigenvalue weighted by Gasteiger charge is -2.40. The average Bonchev–Trinajstić information content (AvgIpc) is 3.04. The van der Waals surface area contributed by atoms with Crippen LogP contribution in [-0.4, -0.2) is 49.9 Å². The molecule has 1 aromatic heterocycles. The molecule has 1 fully saturated rings. The lowest BCUT2D eigenvalue weighted by Crippen LogP contribution is -2.56. The van der Waals surface area contributed by atoms with E-state index in [2.05, 4.69) is 4.72 Å². The minimum Gasteiger partial charge on any atom is -0.479 e. The van der Waals surface area contributed by atoms with Crippen molar-refractivity contribution in [3.63, 3.8) is 0 Å². The van der Waals surface area contributed by atoms with Crippen LogP contribution in [0.3, 0.4) is 0 Å². The smallest absolute Gasteiger partial charge is 0.329 e. The first kappa shape index (κ1) is 17.9. The van der Waals surface area contributed by atoms with Crippen molar-refractivity contribution in [2.45, 2.75) is 42.5 Å². The first-order valence-electron chi connectivity index (χ1n) is 7.28. The molecule has 0 bridgehead atoms. The molecule has 0 aliphatic heterocycles. The Kier molecular flexibility index (Phi) is 5.12. The molecule has 1 aliphatic carbocycles. The zero-order valence-electron chi connectivity index (χ0n) is 13.0. The molecule has 0 radical (unpaired) electrons. The molecule has 0 saturated heterocycles. The summed E-state index contributed by atoms with van der Waals surface area (Å²) in [5.74, 6) is -1.47. The number of thiophene rings is 1. The van der Waals surface area contributed by atoms with Crippen LogP contribution in [-0.2, 0) is 14.8 Å². The third kappa shape index (κ3) is 3.26. The number of carbonyl (C=O) groups is 2. The summed E-state index contributed by atoms with van der Waals surface area (Å²) >= 11 is 0.999. The number of aliphatic carboxylic acids is 1. The van der Waals surface area contributed by atoms with Crippen molar-refractivity contribution in [1.29, 1.82) is 0 Å². The molecule has 1 heterocycles. The summed E-state index contributed by atoms with van der Waals surface area (Å²) in [5.41, 5.74) is -1.21. The lowest BCUT2D eigenvalue weighted by molar-refractivity contribution is -0.151. The van der Waals surface area contributed by atoms with Crippen molar-refractivity contribution >= 4 is 33.2 Å². The highest BCUT2D eigenvalue weighted by Gasteiger charge is 2.45. The van der Waals surface area contributed by atoms with Crippen molar-refractivity contribution in [1.82, 2.24) is 9.62 Å². The van der Waals surface area contributed by atoms with Gasteiger partial charge in [-0.05, 0) is 26.0 Å². The predicted molar refractivity (Wildman–Crippen MR) is 86.1 cm³/mol. The van der Waals surface area contributed by atoms with E-state index >= 15 is 0 Å². The summed E-state index contributed by atoms with van der Waals surface area (Å²) in [6.45, 7) is 0. The fourth-order valence-corrected chi connectivity index (χ4v) is 4.86. The van der Waals surface area contributed by atoms with Gasteiger partial charge in [0.25, 0.3) is 5.91 Å². The van der Waals surface area contributed by atoms with Gasteiger partial charge in [-0.25, -0.2) is 17.9 Å². The van der Waals surface area contributed by atoms with Crippen LogP contribution in [0.4, 0.5) is 0 Å². The fraction of sp³-hybridized carbons (Fsp3) is 0.571. The number of amides is 1. The minimum absolute atomic E-state index is 0.00905. The standard InChI is InChI=1S/C14H20N2O5S2/c1-15-23(20,21)10-8-11(22-9-10)12(17)16(2)14(13(18)19)6-4-3-5-7-14/h8-9,15H,3-7H2,1-2H3,(H,18,19). The minimum atomic E-state index is -3.62. The molecule has 1 aromatic rings. The molecule has 1 amide bonds. The van der Waals surface area contributed by atoms with Crippen LogP contribution < -0.4 is 4.72 Å². The first-order chi connectivity index (χ1) is 10.7. The molecule has 0 unspecified atom stereocenters. The number of nitrogens with zero attached hydrogens (tertiary/aromatic N) is 1. The van der Waals surface area contributed by atoms with E-state index in [-0.39, 0.29) is 9.77 Å². The van der Waals surface area contributed by atoms with Gasteiger partial charge in [-0.1, -0.05) is 19.3 Å². The summed E-state index contributed by atoms with van der Waals surface area (Å²) in [6, 6.07) is 1.29. The Hall–Kier alpha value is -1.45. The Morgan fingerprint density at radius 3 is 2.43 bits per heavy atom. The Bertz CT molecular complexity index is 705. The second kappa shape index (κ2) is 6.58. The molecule has 9 heteroatoms. The van der Waals surface area contributed by atoms with Crippen LogP contribution in [0.5, 0.6) is 0 Å². The summed E-state index contributed by atoms with van der Waals surface area (Å²) in [7, 11) is -0.846. The molecule has 128 valence electrons. The van der Waals surface area contributed by atoms with Crippen LogP contribution in [0.2, 0.25) is 0 Å². The molecule has 0 aromatic carbocycles. The second-order valence-corrected chi connectivity index (χ2v) is 8.41. The Morgan fingerprint density at radius 1 is 1.30 bits per heavy atom. The van der Waals surface area contributed by atoms with E-state index in [1.807, 2.05) is 0 Å². The van der Waals surface area contributed by atoms with E-state index in [9.17, 15) is 23.1 Å². The van der Waals surface area contributed by atoms with E-state index in [1.54, 1.807) is 0 Å². The number of rotatable bonds is 5. The molecule has 2 N–H and O–H groups in total. The van der Waals surface area contributed by atoms with Crippen LogP contribution >= 0.6 is 11.3 Å². The SMILES string of the molecule is CNS(=O)(=O)c1csc(C(=O)N(C)C2(C(=O)O)CCCCC2)c1.